The van der Waals surface area contributed by atoms with E-state index in [1.165, 1.54) is 0 Å². The highest BCUT2D eigenvalue weighted by molar-refractivity contribution is 7.71. The van der Waals surface area contributed by atoms with Crippen LogP contribution in [0, 0.1) is 4.77 Å². The molecule has 2 rings (SSSR count). The Morgan fingerprint density at radius 3 is 3.17 bits per heavy atom. The van der Waals surface area contributed by atoms with Gasteiger partial charge in [-0.05, 0) is 25.6 Å². The fraction of sp³-hybridized carbons (Fsp3) is 0.714. The number of ether oxygens (including phenoxy) is 1. The number of aromatic nitrogens is 3. The van der Waals surface area contributed by atoms with Crippen LogP contribution in [0.1, 0.15) is 19.4 Å². The van der Waals surface area contributed by atoms with Crippen LogP contribution in [-0.4, -0.2) is 27.5 Å². The molecule has 2 unspecified atom stereocenters. The summed E-state index contributed by atoms with van der Waals surface area (Å²) in [6, 6.07) is 0.358. The van der Waals surface area contributed by atoms with Crippen molar-refractivity contribution in [2.75, 3.05) is 6.61 Å². The fourth-order valence-corrected chi connectivity index (χ4v) is 1.81. The maximum Gasteiger partial charge on any atom is 0.195 e. The Bertz CT molecular complexity index is 318. The van der Waals surface area contributed by atoms with Crippen LogP contribution in [0.4, 0.5) is 0 Å². The molecule has 1 aliphatic heterocycles. The van der Waals surface area contributed by atoms with Crippen LogP contribution in [0.15, 0.2) is 6.33 Å². The molecule has 0 aliphatic carbocycles. The van der Waals surface area contributed by atoms with Crippen molar-refractivity contribution in [1.29, 1.82) is 0 Å². The zero-order valence-corrected chi connectivity index (χ0v) is 7.67. The largest absolute Gasteiger partial charge is 0.376 e. The highest BCUT2D eigenvalue weighted by atomic mass is 32.1. The van der Waals surface area contributed by atoms with E-state index >= 15 is 0 Å². The molecule has 5 heteroatoms. The first kappa shape index (κ1) is 7.94. The maximum absolute atomic E-state index is 5.44. The Balaban J connectivity index is 2.30. The van der Waals surface area contributed by atoms with Gasteiger partial charge in [0.25, 0.3) is 0 Å². The molecule has 1 aliphatic rings. The summed E-state index contributed by atoms with van der Waals surface area (Å²) in [7, 11) is 0. The SMILES string of the molecule is CC1OCCC1n1cn[nH]c1=S. The van der Waals surface area contributed by atoms with E-state index in [1.807, 2.05) is 4.57 Å². The quantitative estimate of drug-likeness (QED) is 0.670. The molecular weight excluding hydrogens is 174 g/mol. The summed E-state index contributed by atoms with van der Waals surface area (Å²) >= 11 is 5.06. The number of aromatic amines is 1. The van der Waals surface area contributed by atoms with Crippen LogP contribution in [-0.2, 0) is 4.74 Å². The molecule has 2 atom stereocenters. The van der Waals surface area contributed by atoms with E-state index in [0.717, 1.165) is 13.0 Å². The summed E-state index contributed by atoms with van der Waals surface area (Å²) in [6.07, 6.45) is 3.00. The Labute approximate surface area is 75.5 Å². The molecule has 1 aromatic heterocycles. The number of nitrogens with one attached hydrogen (secondary N) is 1. The third kappa shape index (κ3) is 1.19. The van der Waals surface area contributed by atoms with Crippen molar-refractivity contribution >= 4 is 12.2 Å². The van der Waals surface area contributed by atoms with Crippen molar-refractivity contribution in [1.82, 2.24) is 14.8 Å². The van der Waals surface area contributed by atoms with Crippen LogP contribution >= 0.6 is 12.2 Å². The molecule has 0 amide bonds. The predicted molar refractivity (Wildman–Crippen MR) is 46.5 cm³/mol. The van der Waals surface area contributed by atoms with Crippen LogP contribution in [0.3, 0.4) is 0 Å². The molecule has 1 N–H and O–H groups in total. The lowest BCUT2D eigenvalue weighted by atomic mass is 10.1. The zero-order valence-electron chi connectivity index (χ0n) is 6.86. The second kappa shape index (κ2) is 2.99. The van der Waals surface area contributed by atoms with Crippen LogP contribution in [0.5, 0.6) is 0 Å². The molecule has 1 aromatic rings. The minimum atomic E-state index is 0.245. The summed E-state index contributed by atoms with van der Waals surface area (Å²) < 4.78 is 8.08. The Kier molecular flexibility index (Phi) is 1.98. The summed E-state index contributed by atoms with van der Waals surface area (Å²) in [5, 5.41) is 6.62. The smallest absolute Gasteiger partial charge is 0.195 e. The topological polar surface area (TPSA) is 42.8 Å². The number of hydrogen-bond donors (Lipinski definition) is 1. The minimum absolute atomic E-state index is 0.245. The van der Waals surface area contributed by atoms with E-state index in [-0.39, 0.29) is 6.10 Å². The van der Waals surface area contributed by atoms with Gasteiger partial charge < -0.3 is 9.30 Å². The van der Waals surface area contributed by atoms with E-state index in [4.69, 9.17) is 17.0 Å². The van der Waals surface area contributed by atoms with Gasteiger partial charge in [-0.15, -0.1) is 0 Å². The molecule has 1 saturated heterocycles. The third-order valence-electron chi connectivity index (χ3n) is 2.27. The van der Waals surface area contributed by atoms with E-state index in [9.17, 15) is 0 Å². The average Bonchev–Trinajstić information content (AvgIpc) is 2.59. The van der Waals surface area contributed by atoms with E-state index in [1.54, 1.807) is 6.33 Å². The maximum atomic E-state index is 5.44. The van der Waals surface area contributed by atoms with E-state index in [2.05, 4.69) is 17.1 Å². The average molecular weight is 185 g/mol. The lowest BCUT2D eigenvalue weighted by molar-refractivity contribution is 0.107. The van der Waals surface area contributed by atoms with Gasteiger partial charge in [-0.25, -0.2) is 0 Å². The van der Waals surface area contributed by atoms with E-state index in [0.29, 0.717) is 10.8 Å². The van der Waals surface area contributed by atoms with Crippen molar-refractivity contribution in [3.8, 4) is 0 Å². The van der Waals surface area contributed by atoms with Crippen molar-refractivity contribution in [2.45, 2.75) is 25.5 Å². The molecule has 0 saturated carbocycles. The lowest BCUT2D eigenvalue weighted by Crippen LogP contribution is -2.16. The third-order valence-corrected chi connectivity index (χ3v) is 2.57. The highest BCUT2D eigenvalue weighted by Gasteiger charge is 2.25. The number of hydrogen-bond acceptors (Lipinski definition) is 3. The molecule has 0 radical (unpaired) electrons. The van der Waals surface area contributed by atoms with Crippen LogP contribution < -0.4 is 0 Å². The molecule has 0 spiro atoms. The molecule has 2 heterocycles. The lowest BCUT2D eigenvalue weighted by Gasteiger charge is -2.14. The number of nitrogens with zero attached hydrogens (tertiary/aromatic N) is 2. The molecule has 66 valence electrons. The van der Waals surface area contributed by atoms with Gasteiger partial charge in [-0.2, -0.15) is 5.10 Å². The standard InChI is InChI=1S/C7H11N3OS/c1-5-6(2-3-11-5)10-4-8-9-7(10)12/h4-6H,2-3H2,1H3,(H,9,12). The monoisotopic (exact) mass is 185 g/mol. The summed E-state index contributed by atoms with van der Waals surface area (Å²) in [4.78, 5) is 0. The van der Waals surface area contributed by atoms with Crippen molar-refractivity contribution in [3.63, 3.8) is 0 Å². The van der Waals surface area contributed by atoms with Crippen LogP contribution in [0.25, 0.3) is 0 Å². The second-order valence-electron chi connectivity index (χ2n) is 3.00. The Morgan fingerprint density at radius 1 is 1.83 bits per heavy atom. The molecule has 12 heavy (non-hydrogen) atoms. The van der Waals surface area contributed by atoms with Crippen molar-refractivity contribution in [3.05, 3.63) is 11.1 Å². The Hall–Kier alpha value is -0.680. The first-order valence-corrected chi connectivity index (χ1v) is 4.43. The summed E-state index contributed by atoms with van der Waals surface area (Å²) in [5.74, 6) is 0. The molecule has 0 bridgehead atoms. The van der Waals surface area contributed by atoms with Gasteiger partial charge in [0.1, 0.15) is 6.33 Å². The summed E-state index contributed by atoms with van der Waals surface area (Å²) in [5.41, 5.74) is 0. The number of H-pyrrole nitrogens is 1. The minimum Gasteiger partial charge on any atom is -0.376 e. The normalized spacial score (nSPS) is 29.4. The van der Waals surface area contributed by atoms with Gasteiger partial charge in [0, 0.05) is 6.61 Å². The zero-order chi connectivity index (χ0) is 8.55. The van der Waals surface area contributed by atoms with Crippen LogP contribution in [0.2, 0.25) is 0 Å². The molecular formula is C7H11N3OS. The van der Waals surface area contributed by atoms with Gasteiger partial charge in [-0.1, -0.05) is 0 Å². The summed E-state index contributed by atoms with van der Waals surface area (Å²) in [6.45, 7) is 2.88. The van der Waals surface area contributed by atoms with E-state index < -0.39 is 0 Å². The molecule has 1 fully saturated rings. The van der Waals surface area contributed by atoms with Gasteiger partial charge >= 0.3 is 0 Å². The van der Waals surface area contributed by atoms with Crippen molar-refractivity contribution in [2.24, 2.45) is 0 Å². The van der Waals surface area contributed by atoms with Crippen molar-refractivity contribution < 1.29 is 4.74 Å². The fourth-order valence-electron chi connectivity index (χ4n) is 1.58. The molecule has 4 nitrogen and oxygen atoms in total. The first-order chi connectivity index (χ1) is 5.79. The second-order valence-corrected chi connectivity index (χ2v) is 3.39. The predicted octanol–water partition coefficient (Wildman–Crippen LogP) is 1.29. The van der Waals surface area contributed by atoms with Gasteiger partial charge in [0.2, 0.25) is 0 Å². The number of rotatable bonds is 1. The van der Waals surface area contributed by atoms with Gasteiger partial charge in [0.05, 0.1) is 12.1 Å². The Morgan fingerprint density at radius 2 is 2.67 bits per heavy atom. The highest BCUT2D eigenvalue weighted by Crippen LogP contribution is 2.25. The molecule has 0 aromatic carbocycles. The van der Waals surface area contributed by atoms with Gasteiger partial charge in [-0.3, -0.25) is 5.10 Å². The van der Waals surface area contributed by atoms with Gasteiger partial charge in [0.15, 0.2) is 4.77 Å². The first-order valence-electron chi connectivity index (χ1n) is 4.02.